The molecule has 0 rings (SSSR count). The number of phosphoric ester groups is 2. The molecule has 570 valence electrons. The van der Waals surface area contributed by atoms with E-state index in [1.807, 2.05) is 0 Å². The summed E-state index contributed by atoms with van der Waals surface area (Å²) in [6.07, 6.45) is 71.6. The molecule has 0 saturated heterocycles. The Bertz CT molecular complexity index is 2140. The van der Waals surface area contributed by atoms with Gasteiger partial charge in [0.25, 0.3) is 0 Å². The van der Waals surface area contributed by atoms with Crippen molar-refractivity contribution in [2.75, 3.05) is 39.6 Å². The van der Waals surface area contributed by atoms with Crippen molar-refractivity contribution in [1.82, 2.24) is 0 Å². The van der Waals surface area contributed by atoms with Crippen LogP contribution in [0.5, 0.6) is 0 Å². The van der Waals surface area contributed by atoms with E-state index in [0.717, 1.165) is 167 Å². The van der Waals surface area contributed by atoms with Crippen LogP contribution in [-0.2, 0) is 65.4 Å². The summed E-state index contributed by atoms with van der Waals surface area (Å²) >= 11 is 0. The van der Waals surface area contributed by atoms with Gasteiger partial charge in [-0.15, -0.1) is 0 Å². The second-order valence-electron chi connectivity index (χ2n) is 26.3. The molecule has 0 aromatic rings. The molecule has 0 saturated carbocycles. The van der Waals surface area contributed by atoms with Gasteiger partial charge in [-0.2, -0.15) is 0 Å². The maximum atomic E-state index is 13.1. The molecule has 0 spiro atoms. The van der Waals surface area contributed by atoms with Gasteiger partial charge < -0.3 is 33.8 Å². The van der Waals surface area contributed by atoms with Crippen LogP contribution in [0.2, 0.25) is 0 Å². The van der Waals surface area contributed by atoms with Crippen LogP contribution in [0.1, 0.15) is 349 Å². The molecule has 5 atom stereocenters. The predicted molar refractivity (Wildman–Crippen MR) is 400 cm³/mol. The molecule has 3 N–H and O–H groups in total. The van der Waals surface area contributed by atoms with Crippen LogP contribution < -0.4 is 0 Å². The van der Waals surface area contributed by atoms with Crippen LogP contribution in [0.4, 0.5) is 0 Å². The van der Waals surface area contributed by atoms with Gasteiger partial charge in [-0.1, -0.05) is 255 Å². The third-order valence-electron chi connectivity index (χ3n) is 16.6. The highest BCUT2D eigenvalue weighted by molar-refractivity contribution is 7.47. The van der Waals surface area contributed by atoms with Crippen LogP contribution in [0.25, 0.3) is 0 Å². The first-order valence-electron chi connectivity index (χ1n) is 39.2. The molecule has 0 fully saturated rings. The van der Waals surface area contributed by atoms with Gasteiger partial charge in [0.05, 0.1) is 26.4 Å². The topological polar surface area (TPSA) is 237 Å². The Morgan fingerprint density at radius 1 is 0.286 bits per heavy atom. The Labute approximate surface area is 596 Å². The van der Waals surface area contributed by atoms with Gasteiger partial charge in [0, 0.05) is 25.7 Å². The minimum atomic E-state index is -4.98. The lowest BCUT2D eigenvalue weighted by atomic mass is 10.1. The molecule has 0 aromatic heterocycles. The van der Waals surface area contributed by atoms with E-state index in [2.05, 4.69) is 101 Å². The van der Waals surface area contributed by atoms with Gasteiger partial charge in [0.2, 0.25) is 0 Å². The molecule has 0 aliphatic carbocycles. The number of carbonyl (C=O) groups excluding carboxylic acids is 4. The van der Waals surface area contributed by atoms with E-state index in [9.17, 15) is 43.2 Å². The Morgan fingerprint density at radius 2 is 0.500 bits per heavy atom. The minimum absolute atomic E-state index is 0.0778. The molecule has 0 amide bonds. The molecule has 0 bridgehead atoms. The fourth-order valence-corrected chi connectivity index (χ4v) is 12.1. The number of phosphoric acid groups is 2. The van der Waals surface area contributed by atoms with Crippen molar-refractivity contribution >= 4 is 39.5 Å². The Morgan fingerprint density at radius 3 is 0.796 bits per heavy atom. The zero-order valence-electron chi connectivity index (χ0n) is 62.2. The van der Waals surface area contributed by atoms with Gasteiger partial charge in [-0.25, -0.2) is 9.13 Å². The molecule has 0 radical (unpaired) electrons. The summed E-state index contributed by atoms with van der Waals surface area (Å²) in [5.41, 5.74) is 0. The van der Waals surface area contributed by atoms with Crippen molar-refractivity contribution in [3.8, 4) is 0 Å². The van der Waals surface area contributed by atoms with Crippen molar-refractivity contribution in [2.24, 2.45) is 0 Å². The first kappa shape index (κ1) is 94.5. The van der Waals surface area contributed by atoms with E-state index in [0.29, 0.717) is 25.7 Å². The first-order chi connectivity index (χ1) is 47.7. The quantitative estimate of drug-likeness (QED) is 0.0169. The molecule has 98 heavy (non-hydrogen) atoms. The average Bonchev–Trinajstić information content (AvgIpc) is 1.04. The standard InChI is InChI=1S/C79H142O17P2/c1-5-9-13-17-21-25-29-33-36-40-43-47-51-55-59-63-76(81)89-69-74(95-78(83)65-61-57-53-49-45-39-32-28-24-20-16-12-8-4)71-93-97(85,86)91-67-73(80)68-92-98(87,88)94-72-75(96-79(84)66-62-58-54-50-46-42-38-35-31-27-23-19-15-11-7-3)70-90-77(82)64-60-56-52-48-44-41-37-34-30-26-22-18-14-10-6-2/h22-23,26-28,32-38,73-75,80H,5-21,24-25,29-31,39-72H2,1-4H3,(H,85,86)(H,87,88). The number of hydrogen-bond donors (Lipinski definition) is 3. The van der Waals surface area contributed by atoms with Crippen LogP contribution in [-0.4, -0.2) is 96.7 Å². The zero-order chi connectivity index (χ0) is 71.8. The number of carbonyl (C=O) groups is 4. The van der Waals surface area contributed by atoms with E-state index in [4.69, 9.17) is 37.0 Å². The van der Waals surface area contributed by atoms with E-state index in [1.54, 1.807) is 0 Å². The lowest BCUT2D eigenvalue weighted by Gasteiger charge is -2.21. The number of aliphatic hydroxyl groups is 1. The zero-order valence-corrected chi connectivity index (χ0v) is 64.0. The lowest BCUT2D eigenvalue weighted by molar-refractivity contribution is -0.161. The smallest absolute Gasteiger partial charge is 0.462 e. The largest absolute Gasteiger partial charge is 0.472 e. The van der Waals surface area contributed by atoms with Crippen LogP contribution >= 0.6 is 15.6 Å². The van der Waals surface area contributed by atoms with Gasteiger partial charge in [-0.05, 0) is 141 Å². The number of aliphatic hydroxyl groups excluding tert-OH is 1. The molecule has 5 unspecified atom stereocenters. The van der Waals surface area contributed by atoms with E-state index >= 15 is 0 Å². The lowest BCUT2D eigenvalue weighted by Crippen LogP contribution is -2.30. The molecular weight excluding hydrogens is 1280 g/mol. The summed E-state index contributed by atoms with van der Waals surface area (Å²) < 4.78 is 68.5. The second-order valence-corrected chi connectivity index (χ2v) is 29.2. The first-order valence-corrected chi connectivity index (χ1v) is 42.2. The Hall–Kier alpha value is -3.50. The van der Waals surface area contributed by atoms with Crippen molar-refractivity contribution in [1.29, 1.82) is 0 Å². The summed E-state index contributed by atoms with van der Waals surface area (Å²) in [4.78, 5) is 72.9. The minimum Gasteiger partial charge on any atom is -0.462 e. The second kappa shape index (κ2) is 71.9. The molecule has 17 nitrogen and oxygen atoms in total. The van der Waals surface area contributed by atoms with Crippen molar-refractivity contribution in [3.63, 3.8) is 0 Å². The van der Waals surface area contributed by atoms with Crippen molar-refractivity contribution in [2.45, 2.75) is 367 Å². The Balaban J connectivity index is 5.36. The third-order valence-corrected chi connectivity index (χ3v) is 18.5. The van der Waals surface area contributed by atoms with Crippen LogP contribution in [0.15, 0.2) is 72.9 Å². The van der Waals surface area contributed by atoms with E-state index in [1.165, 1.54) is 103 Å². The maximum Gasteiger partial charge on any atom is 0.472 e. The number of rotatable bonds is 74. The van der Waals surface area contributed by atoms with Crippen LogP contribution in [0.3, 0.4) is 0 Å². The molecule has 0 aliphatic heterocycles. The molecule has 0 aliphatic rings. The molecular formula is C79H142O17P2. The summed E-state index contributed by atoms with van der Waals surface area (Å²) in [6.45, 7) is 4.80. The molecule has 0 heterocycles. The monoisotopic (exact) mass is 1420 g/mol. The number of hydrogen-bond acceptors (Lipinski definition) is 15. The summed E-state index contributed by atoms with van der Waals surface area (Å²) in [7, 11) is -9.95. The molecule has 19 heteroatoms. The molecule has 0 aromatic carbocycles. The summed E-state index contributed by atoms with van der Waals surface area (Å²) in [5, 5.41) is 10.6. The van der Waals surface area contributed by atoms with Gasteiger partial charge in [0.15, 0.2) is 12.2 Å². The van der Waals surface area contributed by atoms with Gasteiger partial charge in [-0.3, -0.25) is 37.3 Å². The summed E-state index contributed by atoms with van der Waals surface area (Å²) in [6, 6.07) is 0. The summed E-state index contributed by atoms with van der Waals surface area (Å²) in [5.74, 6) is -2.20. The fourth-order valence-electron chi connectivity index (χ4n) is 10.6. The van der Waals surface area contributed by atoms with Crippen LogP contribution in [0, 0.1) is 0 Å². The number of allylic oxidation sites excluding steroid dienone is 12. The third kappa shape index (κ3) is 70.9. The predicted octanol–water partition coefficient (Wildman–Crippen LogP) is 22.4. The van der Waals surface area contributed by atoms with Crippen molar-refractivity contribution < 1.29 is 80.2 Å². The highest BCUT2D eigenvalue weighted by Gasteiger charge is 2.30. The Kier molecular flexibility index (Phi) is 69.3. The highest BCUT2D eigenvalue weighted by atomic mass is 31.2. The SMILES string of the molecule is CCCCCC=CCC=CCCCCCCCC(=O)OCC(COP(=O)(O)OCC(O)COP(=O)(O)OCC(COC(=O)CCCCCCCC=CCCCCCCCC)OC(=O)CCCCCCCC=CCCCCCC)OC(=O)CCCCCCCC=CCC=CCCCCC. The normalized spacial score (nSPS) is 14.3. The fraction of sp³-hybridized carbons (Fsp3) is 0.797. The van der Waals surface area contributed by atoms with Gasteiger partial charge in [0.1, 0.15) is 19.3 Å². The van der Waals surface area contributed by atoms with E-state index in [-0.39, 0.29) is 25.7 Å². The number of ether oxygens (including phenoxy) is 4. The van der Waals surface area contributed by atoms with Crippen molar-refractivity contribution in [3.05, 3.63) is 72.9 Å². The number of unbranched alkanes of at least 4 members (excludes halogenated alkanes) is 36. The maximum absolute atomic E-state index is 13.1. The van der Waals surface area contributed by atoms with E-state index < -0.39 is 97.5 Å². The highest BCUT2D eigenvalue weighted by Crippen LogP contribution is 2.45. The average molecular weight is 1430 g/mol. The number of esters is 4. The van der Waals surface area contributed by atoms with Gasteiger partial charge >= 0.3 is 39.5 Å².